The van der Waals surface area contributed by atoms with Gasteiger partial charge in [0.15, 0.2) is 0 Å². The Morgan fingerprint density at radius 3 is 1.44 bits per heavy atom. The van der Waals surface area contributed by atoms with Gasteiger partial charge in [0.1, 0.15) is 8.07 Å². The van der Waals surface area contributed by atoms with Crippen molar-refractivity contribution in [2.24, 2.45) is 0 Å². The average Bonchev–Trinajstić information content (AvgIpc) is 3.17. The fourth-order valence-electron chi connectivity index (χ4n) is 6.34. The fourth-order valence-corrected chi connectivity index (χ4v) is 22.0. The number of rotatable bonds is 18. The van der Waals surface area contributed by atoms with Crippen LogP contribution in [-0.2, 0) is 14.3 Å². The smallest absolute Gasteiger partial charge is 0.302 e. The van der Waals surface area contributed by atoms with E-state index < -0.39 is 23.9 Å². The van der Waals surface area contributed by atoms with E-state index in [0.29, 0.717) is 13.2 Å². The molecule has 0 spiro atoms. The van der Waals surface area contributed by atoms with Gasteiger partial charge < -0.3 is 9.47 Å². The van der Waals surface area contributed by atoms with Crippen LogP contribution in [0.25, 0.3) is 0 Å². The Labute approximate surface area is 302 Å². The first-order chi connectivity index (χ1) is 24.6. The van der Waals surface area contributed by atoms with Gasteiger partial charge in [-0.05, 0) is 73.5 Å². The molecular weight excluding hydrogens is 667 g/mol. The molecule has 0 fully saturated rings. The number of carbonyl (C=O) groups excluding carboxylic acids is 1. The minimum Gasteiger partial charge on any atom is -0.466 e. The van der Waals surface area contributed by atoms with Crippen molar-refractivity contribution in [3.8, 4) is 0 Å². The highest BCUT2D eigenvalue weighted by Gasteiger charge is 2.40. The van der Waals surface area contributed by atoms with Crippen LogP contribution >= 0.6 is 15.8 Å². The van der Waals surface area contributed by atoms with Crippen LogP contribution in [0.15, 0.2) is 175 Å². The number of benzene rings is 5. The maximum absolute atomic E-state index is 11.2. The third-order valence-electron chi connectivity index (χ3n) is 8.68. The zero-order valence-corrected chi connectivity index (χ0v) is 32.0. The van der Waals surface area contributed by atoms with E-state index in [1.165, 1.54) is 38.9 Å². The maximum atomic E-state index is 11.2. The molecule has 0 amide bonds. The lowest BCUT2D eigenvalue weighted by molar-refractivity contribution is -0.141. The molecule has 0 unspecified atom stereocenters. The number of ether oxygens (including phenoxy) is 2. The highest BCUT2D eigenvalue weighted by molar-refractivity contribution is 7.78. The molecule has 0 aliphatic rings. The Hall–Kier alpha value is -3.91. The first kappa shape index (κ1) is 37.3. The van der Waals surface area contributed by atoms with Crippen LogP contribution in [0.4, 0.5) is 0 Å². The van der Waals surface area contributed by atoms with Crippen LogP contribution < -0.4 is 26.4 Å². The first-order valence-electron chi connectivity index (χ1n) is 17.4. The monoisotopic (exact) mass is 714 g/mol. The summed E-state index contributed by atoms with van der Waals surface area (Å²) in [7, 11) is -2.03. The van der Waals surface area contributed by atoms with Crippen molar-refractivity contribution < 1.29 is 14.3 Å². The number of esters is 1. The van der Waals surface area contributed by atoms with Gasteiger partial charge in [-0.3, -0.25) is 4.79 Å². The molecule has 0 N–H and O–H groups in total. The molecule has 256 valence electrons. The van der Waals surface area contributed by atoms with Crippen molar-refractivity contribution in [2.75, 3.05) is 31.9 Å². The Bertz CT molecular complexity index is 1600. The Morgan fingerprint density at radius 1 is 0.620 bits per heavy atom. The van der Waals surface area contributed by atoms with Crippen molar-refractivity contribution in [1.82, 2.24) is 0 Å². The van der Waals surface area contributed by atoms with Gasteiger partial charge in [0, 0.05) is 14.0 Å². The summed E-state index contributed by atoms with van der Waals surface area (Å²) in [5.74, 6) is 1.97. The highest BCUT2D eigenvalue weighted by atomic mass is 31.1. The molecule has 50 heavy (non-hydrogen) atoms. The van der Waals surface area contributed by atoms with Gasteiger partial charge in [0.05, 0.1) is 13.2 Å². The van der Waals surface area contributed by atoms with Crippen LogP contribution in [0.2, 0.25) is 0 Å². The van der Waals surface area contributed by atoms with Crippen molar-refractivity contribution in [2.45, 2.75) is 26.2 Å². The number of allylic oxidation sites excluding steroid dienone is 2. The normalized spacial score (nSPS) is 12.1. The van der Waals surface area contributed by atoms with Gasteiger partial charge in [-0.1, -0.05) is 175 Å². The summed E-state index contributed by atoms with van der Waals surface area (Å²) in [5, 5.41) is 7.14. The third kappa shape index (κ3) is 11.0. The lowest BCUT2D eigenvalue weighted by atomic mass is 10.2. The molecule has 0 heterocycles. The number of hydrogen-bond donors (Lipinski definition) is 0. The van der Waals surface area contributed by atoms with E-state index in [0.717, 1.165) is 30.8 Å². The summed E-state index contributed by atoms with van der Waals surface area (Å²) >= 11 is 0. The van der Waals surface area contributed by atoms with E-state index in [-0.39, 0.29) is 5.97 Å². The van der Waals surface area contributed by atoms with Crippen molar-refractivity contribution >= 4 is 56.3 Å². The predicted octanol–water partition coefficient (Wildman–Crippen LogP) is 8.09. The van der Waals surface area contributed by atoms with Crippen LogP contribution in [0.3, 0.4) is 0 Å². The zero-order valence-electron chi connectivity index (χ0n) is 29.2. The number of unbranched alkanes of at least 4 members (excludes halogenated alkanes) is 1. The lowest BCUT2D eigenvalue weighted by Gasteiger charge is -2.38. The first-order valence-corrected chi connectivity index (χ1v) is 22.9. The van der Waals surface area contributed by atoms with Gasteiger partial charge in [-0.25, -0.2) is 0 Å². The number of hydrogen-bond acceptors (Lipinski definition) is 3. The Morgan fingerprint density at radius 2 is 1.04 bits per heavy atom. The number of carbonyl (C=O) groups is 1. The van der Waals surface area contributed by atoms with E-state index in [1.54, 1.807) is 0 Å². The fraction of sp³-hybridized carbons (Fsp3) is 0.205. The summed E-state index contributed by atoms with van der Waals surface area (Å²) in [6.07, 6.45) is 7.01. The Balaban J connectivity index is 1.67. The van der Waals surface area contributed by atoms with Crippen LogP contribution in [0, 0.1) is 0 Å². The number of methoxy groups -OCH3 is 1. The van der Waals surface area contributed by atoms with Gasteiger partial charge in [-0.15, -0.1) is 0 Å². The molecule has 3 nitrogen and oxygen atoms in total. The van der Waals surface area contributed by atoms with E-state index >= 15 is 0 Å². The molecule has 0 saturated carbocycles. The average molecular weight is 715 g/mol. The third-order valence-corrected chi connectivity index (χ3v) is 21.9. The van der Waals surface area contributed by atoms with Crippen LogP contribution in [0.5, 0.6) is 0 Å². The Kier molecular flexibility index (Phi) is 15.0. The molecule has 0 aliphatic heterocycles. The van der Waals surface area contributed by atoms with Gasteiger partial charge >= 0.3 is 5.97 Å². The zero-order chi connectivity index (χ0) is 34.9. The van der Waals surface area contributed by atoms with Crippen molar-refractivity contribution in [3.05, 3.63) is 175 Å². The molecule has 0 aromatic heterocycles. The van der Waals surface area contributed by atoms with Gasteiger partial charge in [0.25, 0.3) is 0 Å². The van der Waals surface area contributed by atoms with Crippen molar-refractivity contribution in [3.63, 3.8) is 0 Å². The summed E-state index contributed by atoms with van der Waals surface area (Å²) in [6, 6.07) is 56.1. The SMILES string of the molecule is COC/C(=C/[Si](CP(c1ccccc1)c1ccccc1)(CP(c1ccccc1)c1ccccc1)c1ccccc1)C/C=C/CCCOC(C)=O. The second-order valence-corrected chi connectivity index (χ2v) is 21.9. The maximum Gasteiger partial charge on any atom is 0.302 e. The molecule has 5 aromatic rings. The van der Waals surface area contributed by atoms with Crippen LogP contribution in [-0.4, -0.2) is 45.9 Å². The predicted molar refractivity (Wildman–Crippen MR) is 219 cm³/mol. The topological polar surface area (TPSA) is 35.5 Å². The molecule has 0 radical (unpaired) electrons. The van der Waals surface area contributed by atoms with E-state index in [9.17, 15) is 4.79 Å². The second kappa shape index (κ2) is 20.1. The minimum atomic E-state index is -2.50. The molecule has 5 aromatic carbocycles. The van der Waals surface area contributed by atoms with Crippen LogP contribution in [0.1, 0.15) is 26.2 Å². The molecule has 0 saturated heterocycles. The summed E-state index contributed by atoms with van der Waals surface area (Å²) in [6.45, 7) is 2.50. The molecule has 0 aliphatic carbocycles. The van der Waals surface area contributed by atoms with Gasteiger partial charge in [0.2, 0.25) is 0 Å². The summed E-state index contributed by atoms with van der Waals surface area (Å²) in [5.41, 5.74) is 4.05. The molecule has 0 atom stereocenters. The van der Waals surface area contributed by atoms with E-state index in [4.69, 9.17) is 9.47 Å². The van der Waals surface area contributed by atoms with Gasteiger partial charge in [-0.2, -0.15) is 0 Å². The summed E-state index contributed by atoms with van der Waals surface area (Å²) < 4.78 is 11.1. The summed E-state index contributed by atoms with van der Waals surface area (Å²) in [4.78, 5) is 11.2. The largest absolute Gasteiger partial charge is 0.466 e. The molecule has 5 rings (SSSR count). The standard InChI is InChI=1S/C44H48O3P2Si/c1-38(45)47-33-21-4-3-10-22-39(34-46-2)35-50(44-31-19-9-20-32-44,36-48(40-23-11-5-12-24-40)41-25-13-6-14-26-41)37-49(42-27-15-7-16-28-42)43-29-17-8-18-30-43/h3,5-20,23-32,35H,4,21-22,33-34,36-37H2,1-2H3/b10-3+,39-35+. The lowest BCUT2D eigenvalue weighted by Crippen LogP contribution is -2.55. The molecule has 6 heteroatoms. The van der Waals surface area contributed by atoms with Crippen molar-refractivity contribution in [1.29, 1.82) is 0 Å². The quantitative estimate of drug-likeness (QED) is 0.0303. The highest BCUT2D eigenvalue weighted by Crippen LogP contribution is 2.43. The molecular formula is C44H48O3P2Si. The second-order valence-electron chi connectivity index (χ2n) is 12.4. The minimum absolute atomic E-state index is 0.224. The molecule has 0 bridgehead atoms. The van der Waals surface area contributed by atoms with E-state index in [1.807, 2.05) is 7.11 Å². The van der Waals surface area contributed by atoms with E-state index in [2.05, 4.69) is 170 Å².